The van der Waals surface area contributed by atoms with Crippen molar-refractivity contribution < 1.29 is 4.74 Å². The van der Waals surface area contributed by atoms with E-state index in [4.69, 9.17) is 10.5 Å². The average Bonchev–Trinajstić information content (AvgIpc) is 2.94. The Hall–Kier alpha value is -1.59. The standard InChI is InChI=1S/C12H15N3O2/c13-11(8-3-4-17-6-8)7-1-2-9-10(5-7)15-12(16)14-9/h1-2,5,8,11H,3-4,6,13H2,(H2,14,15,16). The summed E-state index contributed by atoms with van der Waals surface area (Å²) in [4.78, 5) is 16.6. The van der Waals surface area contributed by atoms with Crippen molar-refractivity contribution in [1.82, 2.24) is 9.97 Å². The van der Waals surface area contributed by atoms with Crippen LogP contribution in [0.2, 0.25) is 0 Å². The zero-order chi connectivity index (χ0) is 11.8. The second kappa shape index (κ2) is 4.01. The molecule has 1 aromatic heterocycles. The van der Waals surface area contributed by atoms with E-state index in [1.807, 2.05) is 18.2 Å². The molecule has 2 atom stereocenters. The van der Waals surface area contributed by atoms with Gasteiger partial charge in [0.15, 0.2) is 0 Å². The molecule has 17 heavy (non-hydrogen) atoms. The number of fused-ring (bicyclic) bond motifs is 1. The number of rotatable bonds is 2. The van der Waals surface area contributed by atoms with Gasteiger partial charge in [-0.3, -0.25) is 0 Å². The number of nitrogens with one attached hydrogen (secondary N) is 2. The monoisotopic (exact) mass is 233 g/mol. The molecule has 0 saturated carbocycles. The molecule has 0 radical (unpaired) electrons. The molecule has 5 heteroatoms. The van der Waals surface area contributed by atoms with Crippen molar-refractivity contribution in [2.75, 3.05) is 13.2 Å². The molecule has 0 spiro atoms. The highest BCUT2D eigenvalue weighted by Crippen LogP contribution is 2.27. The first-order valence-electron chi connectivity index (χ1n) is 5.79. The second-order valence-electron chi connectivity index (χ2n) is 4.53. The number of nitrogens with two attached hydrogens (primary N) is 1. The smallest absolute Gasteiger partial charge is 0.323 e. The molecule has 2 aromatic rings. The lowest BCUT2D eigenvalue weighted by Gasteiger charge is -2.17. The van der Waals surface area contributed by atoms with Crippen LogP contribution in [0.1, 0.15) is 18.0 Å². The third-order valence-corrected chi connectivity index (χ3v) is 3.40. The summed E-state index contributed by atoms with van der Waals surface area (Å²) in [6.45, 7) is 1.52. The summed E-state index contributed by atoms with van der Waals surface area (Å²) in [5, 5.41) is 0. The van der Waals surface area contributed by atoms with E-state index in [1.165, 1.54) is 0 Å². The first kappa shape index (κ1) is 10.6. The summed E-state index contributed by atoms with van der Waals surface area (Å²) >= 11 is 0. The minimum Gasteiger partial charge on any atom is -0.381 e. The van der Waals surface area contributed by atoms with E-state index in [0.717, 1.165) is 36.2 Å². The van der Waals surface area contributed by atoms with Gasteiger partial charge in [-0.05, 0) is 24.1 Å². The van der Waals surface area contributed by atoms with E-state index >= 15 is 0 Å². The van der Waals surface area contributed by atoms with E-state index < -0.39 is 0 Å². The number of aromatic amines is 2. The number of hydrogen-bond acceptors (Lipinski definition) is 3. The maximum atomic E-state index is 11.2. The van der Waals surface area contributed by atoms with E-state index in [-0.39, 0.29) is 11.7 Å². The first-order valence-corrected chi connectivity index (χ1v) is 5.79. The predicted octanol–water partition coefficient (Wildman–Crippen LogP) is 0.892. The maximum Gasteiger partial charge on any atom is 0.323 e. The molecule has 1 aliphatic heterocycles. The highest BCUT2D eigenvalue weighted by atomic mass is 16.5. The van der Waals surface area contributed by atoms with Gasteiger partial charge in [-0.2, -0.15) is 0 Å². The summed E-state index contributed by atoms with van der Waals surface area (Å²) in [6, 6.07) is 5.77. The molecule has 0 aliphatic carbocycles. The van der Waals surface area contributed by atoms with Crippen LogP contribution in [-0.2, 0) is 4.74 Å². The minimum absolute atomic E-state index is 0.0275. The Morgan fingerprint density at radius 3 is 2.94 bits per heavy atom. The molecule has 1 aromatic carbocycles. The van der Waals surface area contributed by atoms with Crippen LogP contribution in [-0.4, -0.2) is 23.2 Å². The zero-order valence-corrected chi connectivity index (χ0v) is 9.40. The predicted molar refractivity (Wildman–Crippen MR) is 64.8 cm³/mol. The largest absolute Gasteiger partial charge is 0.381 e. The minimum atomic E-state index is -0.185. The highest BCUT2D eigenvalue weighted by Gasteiger charge is 2.24. The molecule has 1 saturated heterocycles. The Labute approximate surface area is 98.0 Å². The van der Waals surface area contributed by atoms with Gasteiger partial charge >= 0.3 is 5.69 Å². The molecular weight excluding hydrogens is 218 g/mol. The fraction of sp³-hybridized carbons (Fsp3) is 0.417. The number of benzene rings is 1. The van der Waals surface area contributed by atoms with Crippen LogP contribution in [0.25, 0.3) is 11.0 Å². The van der Waals surface area contributed by atoms with Gasteiger partial charge in [0.05, 0.1) is 17.6 Å². The van der Waals surface area contributed by atoms with Crippen LogP contribution in [0.15, 0.2) is 23.0 Å². The average molecular weight is 233 g/mol. The lowest BCUT2D eigenvalue weighted by atomic mass is 9.93. The fourth-order valence-corrected chi connectivity index (χ4v) is 2.37. The van der Waals surface area contributed by atoms with Gasteiger partial charge in [0, 0.05) is 18.6 Å². The van der Waals surface area contributed by atoms with Crippen LogP contribution in [0.4, 0.5) is 0 Å². The van der Waals surface area contributed by atoms with Gasteiger partial charge in [-0.1, -0.05) is 6.07 Å². The normalized spacial score (nSPS) is 22.1. The molecular formula is C12H15N3O2. The summed E-state index contributed by atoms with van der Waals surface area (Å²) in [6.07, 6.45) is 1.00. The quantitative estimate of drug-likeness (QED) is 0.720. The fourth-order valence-electron chi connectivity index (χ4n) is 2.37. The Bertz CT molecular complexity index is 581. The molecule has 3 rings (SSSR count). The summed E-state index contributed by atoms with van der Waals surface area (Å²) in [5.41, 5.74) is 8.70. The molecule has 0 bridgehead atoms. The topological polar surface area (TPSA) is 83.9 Å². The van der Waals surface area contributed by atoms with Gasteiger partial charge in [-0.25, -0.2) is 4.79 Å². The first-order chi connectivity index (χ1) is 8.24. The molecule has 2 unspecified atom stereocenters. The van der Waals surface area contributed by atoms with E-state index in [0.29, 0.717) is 5.92 Å². The summed E-state index contributed by atoms with van der Waals surface area (Å²) in [5.74, 6) is 0.373. The molecule has 1 aliphatic rings. The molecule has 90 valence electrons. The van der Waals surface area contributed by atoms with Crippen LogP contribution in [0.3, 0.4) is 0 Å². The summed E-state index contributed by atoms with van der Waals surface area (Å²) in [7, 11) is 0. The molecule has 1 fully saturated rings. The van der Waals surface area contributed by atoms with Gasteiger partial charge in [-0.15, -0.1) is 0 Å². The lowest BCUT2D eigenvalue weighted by Crippen LogP contribution is -2.21. The molecule has 0 amide bonds. The van der Waals surface area contributed by atoms with Crippen LogP contribution in [0.5, 0.6) is 0 Å². The molecule has 2 heterocycles. The van der Waals surface area contributed by atoms with Crippen molar-refractivity contribution >= 4 is 11.0 Å². The summed E-state index contributed by atoms with van der Waals surface area (Å²) < 4.78 is 5.35. The van der Waals surface area contributed by atoms with Gasteiger partial charge in [0.1, 0.15) is 0 Å². The van der Waals surface area contributed by atoms with Crippen LogP contribution >= 0.6 is 0 Å². The number of ether oxygens (including phenoxy) is 1. The molecule has 4 N–H and O–H groups in total. The van der Waals surface area contributed by atoms with E-state index in [2.05, 4.69) is 9.97 Å². The van der Waals surface area contributed by atoms with Crippen molar-refractivity contribution in [1.29, 1.82) is 0 Å². The number of aromatic nitrogens is 2. The van der Waals surface area contributed by atoms with Crippen molar-refractivity contribution in [3.8, 4) is 0 Å². The van der Waals surface area contributed by atoms with Crippen molar-refractivity contribution in [2.24, 2.45) is 11.7 Å². The SMILES string of the molecule is NC(c1ccc2[nH]c(=O)[nH]c2c1)C1CCOC1. The van der Waals surface area contributed by atoms with Gasteiger partial charge in [0.2, 0.25) is 0 Å². The Morgan fingerprint density at radius 2 is 2.18 bits per heavy atom. The Kier molecular flexibility index (Phi) is 2.49. The second-order valence-corrected chi connectivity index (χ2v) is 4.53. The van der Waals surface area contributed by atoms with Crippen LogP contribution < -0.4 is 11.4 Å². The number of H-pyrrole nitrogens is 2. The lowest BCUT2D eigenvalue weighted by molar-refractivity contribution is 0.181. The highest BCUT2D eigenvalue weighted by molar-refractivity contribution is 5.75. The van der Waals surface area contributed by atoms with Gasteiger partial charge < -0.3 is 20.4 Å². The third-order valence-electron chi connectivity index (χ3n) is 3.40. The van der Waals surface area contributed by atoms with Gasteiger partial charge in [0.25, 0.3) is 0 Å². The number of hydrogen-bond donors (Lipinski definition) is 3. The van der Waals surface area contributed by atoms with Crippen LogP contribution in [0, 0.1) is 5.92 Å². The molecule has 5 nitrogen and oxygen atoms in total. The van der Waals surface area contributed by atoms with Crippen molar-refractivity contribution in [2.45, 2.75) is 12.5 Å². The zero-order valence-electron chi connectivity index (χ0n) is 9.40. The van der Waals surface area contributed by atoms with E-state index in [9.17, 15) is 4.79 Å². The maximum absolute atomic E-state index is 11.2. The van der Waals surface area contributed by atoms with Crippen molar-refractivity contribution in [3.63, 3.8) is 0 Å². The Morgan fingerprint density at radius 1 is 1.35 bits per heavy atom. The van der Waals surface area contributed by atoms with E-state index in [1.54, 1.807) is 0 Å². The Balaban J connectivity index is 1.96. The van der Waals surface area contributed by atoms with Crippen molar-refractivity contribution in [3.05, 3.63) is 34.2 Å². The number of imidazole rings is 1. The third kappa shape index (κ3) is 1.87.